The molecule has 0 unspecified atom stereocenters. The van der Waals surface area contributed by atoms with Gasteiger partial charge in [-0.15, -0.1) is 0 Å². The first kappa shape index (κ1) is 17.4. The third-order valence-electron chi connectivity index (χ3n) is 4.81. The Morgan fingerprint density at radius 3 is 1.68 bits per heavy atom. The molecule has 3 rings (SSSR count). The van der Waals surface area contributed by atoms with Gasteiger partial charge in [0.05, 0.1) is 27.4 Å². The molecule has 0 saturated carbocycles. The molecule has 0 amide bonds. The Kier molecular flexibility index (Phi) is 5.34. The van der Waals surface area contributed by atoms with Crippen LogP contribution in [0.25, 0.3) is 0 Å². The fourth-order valence-corrected chi connectivity index (χ4v) is 3.40. The van der Waals surface area contributed by atoms with Gasteiger partial charge in [-0.3, -0.25) is 0 Å². The summed E-state index contributed by atoms with van der Waals surface area (Å²) in [6.07, 6.45) is 1.74. The highest BCUT2D eigenvalue weighted by Gasteiger charge is 2.29. The maximum Gasteiger partial charge on any atom is 0.160 e. The van der Waals surface area contributed by atoms with Crippen LogP contribution >= 0.6 is 0 Å². The Morgan fingerprint density at radius 2 is 1.28 bits per heavy atom. The van der Waals surface area contributed by atoms with Crippen LogP contribution < -0.4 is 9.47 Å². The van der Waals surface area contributed by atoms with Gasteiger partial charge in [-0.25, -0.2) is 0 Å². The van der Waals surface area contributed by atoms with Crippen LogP contribution in [0.3, 0.4) is 0 Å². The van der Waals surface area contributed by atoms with Crippen molar-refractivity contribution in [2.45, 2.75) is 12.8 Å². The molecule has 1 saturated heterocycles. The van der Waals surface area contributed by atoms with Crippen LogP contribution in [-0.2, 0) is 17.6 Å². The largest absolute Gasteiger partial charge is 0.504 e. The van der Waals surface area contributed by atoms with E-state index in [1.807, 2.05) is 24.3 Å². The lowest BCUT2D eigenvalue weighted by Crippen LogP contribution is -2.17. The standard InChI is InChI=1S/C20H24O5/c1-23-19-9-13(3-5-17(19)21)7-15-11-25-12-16(15)8-14-4-6-18(22)20(10-14)24-2/h3-6,9-10,15-16,21-22H,7-8,11-12H2,1-2H3/t15-,16+. The van der Waals surface area contributed by atoms with Crippen LogP contribution in [0.2, 0.25) is 0 Å². The number of methoxy groups -OCH3 is 2. The lowest BCUT2D eigenvalue weighted by atomic mass is 9.85. The van der Waals surface area contributed by atoms with Gasteiger partial charge >= 0.3 is 0 Å². The summed E-state index contributed by atoms with van der Waals surface area (Å²) in [6, 6.07) is 11.0. The Bertz CT molecular complexity index is 667. The number of rotatable bonds is 6. The normalized spacial score (nSPS) is 19.8. The molecule has 2 atom stereocenters. The first-order chi connectivity index (χ1) is 12.1. The Labute approximate surface area is 147 Å². The van der Waals surface area contributed by atoms with Gasteiger partial charge in [0.2, 0.25) is 0 Å². The van der Waals surface area contributed by atoms with Crippen molar-refractivity contribution in [2.75, 3.05) is 27.4 Å². The van der Waals surface area contributed by atoms with Gasteiger partial charge in [0.1, 0.15) is 0 Å². The highest BCUT2D eigenvalue weighted by molar-refractivity contribution is 5.43. The molecule has 5 heteroatoms. The van der Waals surface area contributed by atoms with Gasteiger partial charge in [0, 0.05) is 0 Å². The summed E-state index contributed by atoms with van der Waals surface area (Å²) >= 11 is 0. The van der Waals surface area contributed by atoms with E-state index in [9.17, 15) is 10.2 Å². The predicted molar refractivity (Wildman–Crippen MR) is 94.5 cm³/mol. The van der Waals surface area contributed by atoms with E-state index in [0.29, 0.717) is 23.3 Å². The molecule has 1 heterocycles. The summed E-state index contributed by atoms with van der Waals surface area (Å²) in [5.41, 5.74) is 2.25. The van der Waals surface area contributed by atoms with Crippen molar-refractivity contribution < 1.29 is 24.4 Å². The molecule has 2 aromatic rings. The summed E-state index contributed by atoms with van der Waals surface area (Å²) in [7, 11) is 3.11. The van der Waals surface area contributed by atoms with E-state index < -0.39 is 0 Å². The van der Waals surface area contributed by atoms with Gasteiger partial charge < -0.3 is 24.4 Å². The number of aromatic hydroxyl groups is 2. The van der Waals surface area contributed by atoms with Crippen molar-refractivity contribution >= 4 is 0 Å². The van der Waals surface area contributed by atoms with Crippen LogP contribution in [0.15, 0.2) is 36.4 Å². The summed E-state index contributed by atoms with van der Waals surface area (Å²) in [4.78, 5) is 0. The minimum Gasteiger partial charge on any atom is -0.504 e. The molecule has 5 nitrogen and oxygen atoms in total. The molecule has 0 spiro atoms. The summed E-state index contributed by atoms with van der Waals surface area (Å²) < 4.78 is 16.1. The number of phenols is 2. The number of benzene rings is 2. The van der Waals surface area contributed by atoms with Gasteiger partial charge in [0.15, 0.2) is 23.0 Å². The molecular formula is C20H24O5. The van der Waals surface area contributed by atoms with E-state index in [2.05, 4.69) is 0 Å². The highest BCUT2D eigenvalue weighted by atomic mass is 16.5. The fourth-order valence-electron chi connectivity index (χ4n) is 3.40. The molecule has 0 bridgehead atoms. The molecule has 0 aromatic heterocycles. The minimum absolute atomic E-state index is 0.154. The zero-order chi connectivity index (χ0) is 17.8. The molecule has 134 valence electrons. The first-order valence-corrected chi connectivity index (χ1v) is 8.40. The summed E-state index contributed by atoms with van der Waals surface area (Å²) in [5, 5.41) is 19.5. The van der Waals surface area contributed by atoms with Crippen LogP contribution in [0, 0.1) is 11.8 Å². The highest BCUT2D eigenvalue weighted by Crippen LogP contribution is 2.33. The fraction of sp³-hybridized carbons (Fsp3) is 0.400. The van der Waals surface area contributed by atoms with Crippen molar-refractivity contribution in [3.05, 3.63) is 47.5 Å². The average molecular weight is 344 g/mol. The monoisotopic (exact) mass is 344 g/mol. The number of hydrogen-bond acceptors (Lipinski definition) is 5. The first-order valence-electron chi connectivity index (χ1n) is 8.40. The number of hydrogen-bond donors (Lipinski definition) is 2. The minimum atomic E-state index is 0.154. The lowest BCUT2D eigenvalue weighted by Gasteiger charge is -2.18. The van der Waals surface area contributed by atoms with E-state index >= 15 is 0 Å². The molecule has 2 N–H and O–H groups in total. The second kappa shape index (κ2) is 7.66. The van der Waals surface area contributed by atoms with Crippen LogP contribution in [-0.4, -0.2) is 37.6 Å². The van der Waals surface area contributed by atoms with Crippen LogP contribution in [0.5, 0.6) is 23.0 Å². The third-order valence-corrected chi connectivity index (χ3v) is 4.81. The van der Waals surface area contributed by atoms with E-state index in [1.165, 1.54) is 0 Å². The van der Waals surface area contributed by atoms with Crippen LogP contribution in [0.4, 0.5) is 0 Å². The van der Waals surface area contributed by atoms with Gasteiger partial charge in [0.25, 0.3) is 0 Å². The lowest BCUT2D eigenvalue weighted by molar-refractivity contribution is 0.180. The average Bonchev–Trinajstić information content (AvgIpc) is 3.05. The SMILES string of the molecule is COc1cc(C[C@H]2COC[C@H]2Cc2ccc(O)c(OC)c2)ccc1O. The van der Waals surface area contributed by atoms with E-state index in [-0.39, 0.29) is 11.5 Å². The van der Waals surface area contributed by atoms with E-state index in [4.69, 9.17) is 14.2 Å². The Hall–Kier alpha value is -2.40. The van der Waals surface area contributed by atoms with Gasteiger partial charge in [-0.05, 0) is 60.1 Å². The third kappa shape index (κ3) is 3.99. The van der Waals surface area contributed by atoms with Crippen molar-refractivity contribution in [3.8, 4) is 23.0 Å². The number of ether oxygens (including phenoxy) is 3. The van der Waals surface area contributed by atoms with Crippen molar-refractivity contribution in [3.63, 3.8) is 0 Å². The van der Waals surface area contributed by atoms with Gasteiger partial charge in [-0.1, -0.05) is 12.1 Å². The van der Waals surface area contributed by atoms with Crippen molar-refractivity contribution in [1.82, 2.24) is 0 Å². The molecule has 2 aromatic carbocycles. The molecular weight excluding hydrogens is 320 g/mol. The van der Waals surface area contributed by atoms with E-state index in [0.717, 1.165) is 37.2 Å². The van der Waals surface area contributed by atoms with E-state index in [1.54, 1.807) is 26.4 Å². The summed E-state index contributed by atoms with van der Waals surface area (Å²) in [6.45, 7) is 1.45. The zero-order valence-corrected chi connectivity index (χ0v) is 14.6. The Balaban J connectivity index is 1.70. The molecule has 0 radical (unpaired) electrons. The molecule has 1 aliphatic heterocycles. The number of phenolic OH excluding ortho intramolecular Hbond substituents is 2. The maximum absolute atomic E-state index is 9.73. The topological polar surface area (TPSA) is 68.2 Å². The molecule has 25 heavy (non-hydrogen) atoms. The second-order valence-corrected chi connectivity index (χ2v) is 6.48. The second-order valence-electron chi connectivity index (χ2n) is 6.48. The van der Waals surface area contributed by atoms with Crippen LogP contribution in [0.1, 0.15) is 11.1 Å². The predicted octanol–water partition coefficient (Wildman–Crippen LogP) is 3.16. The molecule has 0 aliphatic carbocycles. The summed E-state index contributed by atoms with van der Waals surface area (Å²) in [5.74, 6) is 2.10. The molecule has 1 aliphatic rings. The quantitative estimate of drug-likeness (QED) is 0.842. The Morgan fingerprint density at radius 1 is 0.840 bits per heavy atom. The molecule has 1 fully saturated rings. The van der Waals surface area contributed by atoms with Crippen molar-refractivity contribution in [2.24, 2.45) is 11.8 Å². The van der Waals surface area contributed by atoms with Gasteiger partial charge in [-0.2, -0.15) is 0 Å². The maximum atomic E-state index is 9.73. The zero-order valence-electron chi connectivity index (χ0n) is 14.6. The van der Waals surface area contributed by atoms with Crippen molar-refractivity contribution in [1.29, 1.82) is 0 Å². The smallest absolute Gasteiger partial charge is 0.160 e.